The first-order valence-electron chi connectivity index (χ1n) is 4.66. The van der Waals surface area contributed by atoms with Gasteiger partial charge >= 0.3 is 0 Å². The van der Waals surface area contributed by atoms with Crippen molar-refractivity contribution in [2.24, 2.45) is 5.73 Å². The monoisotopic (exact) mass is 291 g/mol. The van der Waals surface area contributed by atoms with Gasteiger partial charge in [-0.25, -0.2) is 8.42 Å². The molecule has 1 unspecified atom stereocenters. The lowest BCUT2D eigenvalue weighted by molar-refractivity contribution is 0.587. The number of hydrogen-bond donors (Lipinski definition) is 1. The van der Waals surface area contributed by atoms with Crippen molar-refractivity contribution in [3.8, 4) is 0 Å². The Hall–Kier alpha value is -0.390. The molecule has 0 heterocycles. The normalized spacial score (nSPS) is 13.8. The summed E-state index contributed by atoms with van der Waals surface area (Å²) in [4.78, 5) is 0.339. The Labute approximate surface area is 98.7 Å². The molecule has 3 nitrogen and oxygen atoms in total. The van der Waals surface area contributed by atoms with Gasteiger partial charge in [0, 0.05) is 10.5 Å². The number of benzene rings is 1. The van der Waals surface area contributed by atoms with Crippen molar-refractivity contribution in [1.29, 1.82) is 0 Å². The molecular weight excluding hydrogens is 278 g/mol. The lowest BCUT2D eigenvalue weighted by Gasteiger charge is -2.08. The molecule has 0 aliphatic carbocycles. The van der Waals surface area contributed by atoms with Crippen molar-refractivity contribution in [2.45, 2.75) is 24.3 Å². The van der Waals surface area contributed by atoms with Crippen molar-refractivity contribution in [3.63, 3.8) is 0 Å². The van der Waals surface area contributed by atoms with E-state index in [1.54, 1.807) is 31.2 Å². The molecule has 2 N–H and O–H groups in total. The van der Waals surface area contributed by atoms with Crippen LogP contribution in [-0.2, 0) is 9.84 Å². The maximum absolute atomic E-state index is 11.9. The van der Waals surface area contributed by atoms with Crippen LogP contribution >= 0.6 is 15.9 Å². The molecular formula is C10H14BrNO2S. The first-order chi connectivity index (χ1) is 6.93. The third-order valence-corrected chi connectivity index (χ3v) is 4.77. The highest BCUT2D eigenvalue weighted by molar-refractivity contribution is 9.10. The Morgan fingerprint density at radius 2 is 2.00 bits per heavy atom. The Morgan fingerprint density at radius 3 is 2.53 bits per heavy atom. The average molecular weight is 292 g/mol. The molecule has 0 amide bonds. The Balaban J connectivity index is 2.92. The van der Waals surface area contributed by atoms with E-state index in [9.17, 15) is 8.42 Å². The van der Waals surface area contributed by atoms with Crippen LogP contribution in [0.1, 0.15) is 13.3 Å². The molecule has 1 atom stereocenters. The lowest BCUT2D eigenvalue weighted by Crippen LogP contribution is -2.20. The summed E-state index contributed by atoms with van der Waals surface area (Å²) < 4.78 is 24.3. The maximum Gasteiger partial charge on any atom is 0.179 e. The van der Waals surface area contributed by atoms with Gasteiger partial charge in [0.2, 0.25) is 0 Å². The summed E-state index contributed by atoms with van der Waals surface area (Å²) in [6.07, 6.45) is 0.476. The minimum atomic E-state index is -3.21. The number of sulfone groups is 1. The number of halogens is 1. The first kappa shape index (κ1) is 12.7. The molecule has 84 valence electrons. The van der Waals surface area contributed by atoms with Crippen LogP contribution in [0.4, 0.5) is 0 Å². The largest absolute Gasteiger partial charge is 0.328 e. The molecule has 1 aromatic carbocycles. The molecule has 0 aliphatic heterocycles. The SMILES string of the molecule is CC(N)CCS(=O)(=O)c1ccccc1Br. The van der Waals surface area contributed by atoms with Gasteiger partial charge in [-0.15, -0.1) is 0 Å². The van der Waals surface area contributed by atoms with Gasteiger partial charge in [-0.3, -0.25) is 0 Å². The predicted molar refractivity (Wildman–Crippen MR) is 64.5 cm³/mol. The Kier molecular flexibility index (Phi) is 4.31. The van der Waals surface area contributed by atoms with E-state index in [1.165, 1.54) is 0 Å². The Morgan fingerprint density at radius 1 is 1.40 bits per heavy atom. The smallest absolute Gasteiger partial charge is 0.179 e. The van der Waals surface area contributed by atoms with Crippen molar-refractivity contribution in [3.05, 3.63) is 28.7 Å². The second-order valence-corrected chi connectivity index (χ2v) is 6.45. The van der Waals surface area contributed by atoms with Crippen LogP contribution in [0.2, 0.25) is 0 Å². The Bertz CT molecular complexity index is 429. The van der Waals surface area contributed by atoms with Gasteiger partial charge in [-0.1, -0.05) is 12.1 Å². The van der Waals surface area contributed by atoms with Crippen LogP contribution in [0.5, 0.6) is 0 Å². The van der Waals surface area contributed by atoms with Crippen LogP contribution in [0.15, 0.2) is 33.6 Å². The molecule has 0 fully saturated rings. The molecule has 5 heteroatoms. The molecule has 15 heavy (non-hydrogen) atoms. The van der Waals surface area contributed by atoms with Gasteiger partial charge in [0.1, 0.15) is 0 Å². The number of hydrogen-bond acceptors (Lipinski definition) is 3. The third-order valence-electron chi connectivity index (χ3n) is 2.01. The fourth-order valence-electron chi connectivity index (χ4n) is 1.15. The quantitative estimate of drug-likeness (QED) is 0.923. The first-order valence-corrected chi connectivity index (χ1v) is 7.11. The molecule has 0 bridgehead atoms. The van der Waals surface area contributed by atoms with Gasteiger partial charge in [0.05, 0.1) is 10.6 Å². The number of nitrogens with two attached hydrogens (primary N) is 1. The fourth-order valence-corrected chi connectivity index (χ4v) is 3.73. The van der Waals surface area contributed by atoms with Crippen LogP contribution in [-0.4, -0.2) is 20.2 Å². The molecule has 0 aromatic heterocycles. The van der Waals surface area contributed by atoms with E-state index >= 15 is 0 Å². The topological polar surface area (TPSA) is 60.2 Å². The summed E-state index contributed by atoms with van der Waals surface area (Å²) in [5, 5.41) is 0. The highest BCUT2D eigenvalue weighted by Gasteiger charge is 2.17. The molecule has 1 rings (SSSR count). The van der Waals surface area contributed by atoms with Crippen LogP contribution < -0.4 is 5.73 Å². The van der Waals surface area contributed by atoms with Crippen molar-refractivity contribution < 1.29 is 8.42 Å². The van der Waals surface area contributed by atoms with Gasteiger partial charge in [0.15, 0.2) is 9.84 Å². The fraction of sp³-hybridized carbons (Fsp3) is 0.400. The van der Waals surface area contributed by atoms with E-state index in [1.807, 2.05) is 0 Å². The molecule has 0 spiro atoms. The van der Waals surface area contributed by atoms with Crippen LogP contribution in [0.25, 0.3) is 0 Å². The highest BCUT2D eigenvalue weighted by atomic mass is 79.9. The minimum Gasteiger partial charge on any atom is -0.328 e. The van der Waals surface area contributed by atoms with Crippen molar-refractivity contribution in [1.82, 2.24) is 0 Å². The van der Waals surface area contributed by atoms with E-state index in [0.29, 0.717) is 15.8 Å². The third kappa shape index (κ3) is 3.59. The van der Waals surface area contributed by atoms with Crippen molar-refractivity contribution in [2.75, 3.05) is 5.75 Å². The van der Waals surface area contributed by atoms with Gasteiger partial charge in [-0.05, 0) is 41.4 Å². The van der Waals surface area contributed by atoms with Crippen molar-refractivity contribution >= 4 is 25.8 Å². The lowest BCUT2D eigenvalue weighted by atomic mass is 10.3. The molecule has 0 aliphatic rings. The molecule has 1 aromatic rings. The summed E-state index contributed by atoms with van der Waals surface area (Å²) in [6.45, 7) is 1.80. The van der Waals surface area contributed by atoms with E-state index in [-0.39, 0.29) is 11.8 Å². The summed E-state index contributed by atoms with van der Waals surface area (Å²) in [5.74, 6) is 0.0906. The average Bonchev–Trinajstić information content (AvgIpc) is 2.15. The summed E-state index contributed by atoms with van der Waals surface area (Å²) in [7, 11) is -3.21. The van der Waals surface area contributed by atoms with E-state index in [2.05, 4.69) is 15.9 Å². The van der Waals surface area contributed by atoms with Gasteiger partial charge in [-0.2, -0.15) is 0 Å². The van der Waals surface area contributed by atoms with Gasteiger partial charge < -0.3 is 5.73 Å². The molecule has 0 saturated heterocycles. The van der Waals surface area contributed by atoms with Gasteiger partial charge in [0.25, 0.3) is 0 Å². The minimum absolute atomic E-state index is 0.0906. The molecule has 0 saturated carbocycles. The number of rotatable bonds is 4. The van der Waals surface area contributed by atoms with E-state index in [0.717, 1.165) is 0 Å². The maximum atomic E-state index is 11.9. The second kappa shape index (κ2) is 5.09. The van der Waals surface area contributed by atoms with E-state index in [4.69, 9.17) is 5.73 Å². The zero-order valence-corrected chi connectivity index (χ0v) is 10.9. The zero-order valence-electron chi connectivity index (χ0n) is 8.48. The summed E-state index contributed by atoms with van der Waals surface area (Å²) >= 11 is 3.23. The summed E-state index contributed by atoms with van der Waals surface area (Å²) in [5.41, 5.74) is 5.54. The molecule has 0 radical (unpaired) electrons. The highest BCUT2D eigenvalue weighted by Crippen LogP contribution is 2.22. The van der Waals surface area contributed by atoms with Crippen LogP contribution in [0.3, 0.4) is 0 Å². The predicted octanol–water partition coefficient (Wildman–Crippen LogP) is 1.96. The standard InChI is InChI=1S/C10H14BrNO2S/c1-8(12)6-7-15(13,14)10-5-3-2-4-9(10)11/h2-5,8H,6-7,12H2,1H3. The van der Waals surface area contributed by atoms with E-state index < -0.39 is 9.84 Å². The van der Waals surface area contributed by atoms with Crippen LogP contribution in [0, 0.1) is 0 Å². The second-order valence-electron chi connectivity index (χ2n) is 3.52. The summed E-state index contributed by atoms with van der Waals surface area (Å²) in [6, 6.07) is 6.72. The zero-order chi connectivity index (χ0) is 11.5.